The third kappa shape index (κ3) is 2.79. The van der Waals surface area contributed by atoms with Gasteiger partial charge in [0.15, 0.2) is 5.78 Å². The van der Waals surface area contributed by atoms with Crippen LogP contribution >= 0.6 is 0 Å². The molecule has 0 spiro atoms. The smallest absolute Gasteiger partial charge is 0.257 e. The number of ketones is 1. The fourth-order valence-corrected chi connectivity index (χ4v) is 1.10. The summed E-state index contributed by atoms with van der Waals surface area (Å²) in [6, 6.07) is 2.71. The Kier molecular flexibility index (Phi) is 3.99. The average Bonchev–Trinajstić information content (AvgIpc) is 2.28. The van der Waals surface area contributed by atoms with Crippen molar-refractivity contribution in [2.24, 2.45) is 0 Å². The topological polar surface area (TPSA) is 68.3 Å². The van der Waals surface area contributed by atoms with Gasteiger partial charge in [0.25, 0.3) is 5.91 Å². The monoisotopic (exact) mass is 222 g/mol. The number of hydrogen-bond donors (Lipinski definition) is 1. The molecule has 0 aliphatic carbocycles. The molecule has 0 fully saturated rings. The zero-order valence-corrected chi connectivity index (χ0v) is 9.48. The van der Waals surface area contributed by atoms with E-state index in [2.05, 4.69) is 10.3 Å². The first-order valence-electron chi connectivity index (χ1n) is 4.86. The van der Waals surface area contributed by atoms with Crippen LogP contribution in [0.15, 0.2) is 18.3 Å². The summed E-state index contributed by atoms with van der Waals surface area (Å²) >= 11 is 0. The van der Waals surface area contributed by atoms with Crippen molar-refractivity contribution in [2.75, 3.05) is 7.11 Å². The van der Waals surface area contributed by atoms with Crippen LogP contribution in [0.2, 0.25) is 0 Å². The Morgan fingerprint density at radius 3 is 2.75 bits per heavy atom. The lowest BCUT2D eigenvalue weighted by Gasteiger charge is -2.11. The first-order chi connectivity index (χ1) is 7.56. The molecule has 1 aromatic rings. The molecule has 0 saturated heterocycles. The Bertz CT molecular complexity index is 404. The van der Waals surface area contributed by atoms with Gasteiger partial charge in [-0.15, -0.1) is 0 Å². The van der Waals surface area contributed by atoms with E-state index in [1.165, 1.54) is 20.2 Å². The molecule has 5 heteroatoms. The molecule has 0 radical (unpaired) electrons. The number of ether oxygens (including phenoxy) is 1. The minimum Gasteiger partial charge on any atom is -0.480 e. The Hall–Kier alpha value is -1.91. The van der Waals surface area contributed by atoms with E-state index in [9.17, 15) is 9.59 Å². The second kappa shape index (κ2) is 5.25. The molecular weight excluding hydrogens is 208 g/mol. The number of rotatable bonds is 4. The maximum Gasteiger partial charge on any atom is 0.257 e. The van der Waals surface area contributed by atoms with Crippen LogP contribution in [0.3, 0.4) is 0 Å². The van der Waals surface area contributed by atoms with Gasteiger partial charge >= 0.3 is 0 Å². The number of amides is 1. The van der Waals surface area contributed by atoms with Crippen LogP contribution in [0, 0.1) is 0 Å². The van der Waals surface area contributed by atoms with Crippen LogP contribution in [-0.4, -0.2) is 29.8 Å². The molecule has 1 N–H and O–H groups in total. The quantitative estimate of drug-likeness (QED) is 0.818. The highest BCUT2D eigenvalue weighted by Gasteiger charge is 2.16. The van der Waals surface area contributed by atoms with Crippen molar-refractivity contribution in [3.63, 3.8) is 0 Å². The minimum absolute atomic E-state index is 0.101. The second-order valence-corrected chi connectivity index (χ2v) is 3.37. The van der Waals surface area contributed by atoms with Crippen molar-refractivity contribution in [1.29, 1.82) is 0 Å². The molecule has 1 unspecified atom stereocenters. The molecule has 0 aliphatic heterocycles. The summed E-state index contributed by atoms with van der Waals surface area (Å²) in [5.41, 5.74) is 0.318. The van der Waals surface area contributed by atoms with Gasteiger partial charge in [-0.3, -0.25) is 9.59 Å². The normalized spacial score (nSPS) is 11.7. The summed E-state index contributed by atoms with van der Waals surface area (Å²) in [6.45, 7) is 3.05. The Labute approximate surface area is 93.8 Å². The molecule has 0 aromatic carbocycles. The lowest BCUT2D eigenvalue weighted by Crippen LogP contribution is -2.37. The van der Waals surface area contributed by atoms with Crippen LogP contribution in [0.25, 0.3) is 0 Å². The van der Waals surface area contributed by atoms with Gasteiger partial charge in [-0.2, -0.15) is 0 Å². The highest BCUT2D eigenvalue weighted by atomic mass is 16.5. The number of carbonyl (C=O) groups excluding carboxylic acids is 2. The van der Waals surface area contributed by atoms with E-state index in [0.717, 1.165) is 0 Å². The lowest BCUT2D eigenvalue weighted by molar-refractivity contribution is -0.118. The molecule has 5 nitrogen and oxygen atoms in total. The molecule has 1 amide bonds. The van der Waals surface area contributed by atoms with Crippen molar-refractivity contribution in [3.8, 4) is 5.88 Å². The second-order valence-electron chi connectivity index (χ2n) is 3.37. The predicted octanol–water partition coefficient (Wildman–Crippen LogP) is 0.797. The first-order valence-corrected chi connectivity index (χ1v) is 4.86. The third-order valence-corrected chi connectivity index (χ3v) is 2.17. The zero-order valence-electron chi connectivity index (χ0n) is 9.48. The molecule has 0 bridgehead atoms. The number of nitrogens with zero attached hydrogens (tertiary/aromatic N) is 1. The number of methoxy groups -OCH3 is 1. The fourth-order valence-electron chi connectivity index (χ4n) is 1.10. The SMILES string of the molecule is COc1ncccc1C(=O)NC(C)C(C)=O. The molecule has 1 rings (SSSR count). The lowest BCUT2D eigenvalue weighted by atomic mass is 10.2. The van der Waals surface area contributed by atoms with E-state index in [-0.39, 0.29) is 17.6 Å². The summed E-state index contributed by atoms with van der Waals surface area (Å²) in [5.74, 6) is -0.223. The first kappa shape index (κ1) is 12.2. The Morgan fingerprint density at radius 2 is 2.19 bits per heavy atom. The van der Waals surface area contributed by atoms with Crippen LogP contribution in [0.4, 0.5) is 0 Å². The van der Waals surface area contributed by atoms with Gasteiger partial charge in [0, 0.05) is 6.20 Å². The summed E-state index contributed by atoms with van der Waals surface area (Å²) in [7, 11) is 1.44. The molecule has 16 heavy (non-hydrogen) atoms. The number of aromatic nitrogens is 1. The van der Waals surface area contributed by atoms with Crippen molar-refractivity contribution in [2.45, 2.75) is 19.9 Å². The van der Waals surface area contributed by atoms with E-state index in [1.807, 2.05) is 0 Å². The van der Waals surface area contributed by atoms with Gasteiger partial charge in [0.2, 0.25) is 5.88 Å². The molecular formula is C11H14N2O3. The Balaban J connectivity index is 2.84. The van der Waals surface area contributed by atoms with Gasteiger partial charge in [-0.1, -0.05) is 0 Å². The van der Waals surface area contributed by atoms with Crippen LogP contribution < -0.4 is 10.1 Å². The number of nitrogens with one attached hydrogen (secondary N) is 1. The van der Waals surface area contributed by atoms with Gasteiger partial charge in [0.1, 0.15) is 5.56 Å². The Morgan fingerprint density at radius 1 is 1.50 bits per heavy atom. The van der Waals surface area contributed by atoms with Crippen LogP contribution in [0.5, 0.6) is 5.88 Å². The number of pyridine rings is 1. The average molecular weight is 222 g/mol. The number of Topliss-reactive ketones (excluding diaryl/α,β-unsaturated/α-hetero) is 1. The summed E-state index contributed by atoms with van der Waals surface area (Å²) in [6.07, 6.45) is 1.53. The van der Waals surface area contributed by atoms with Gasteiger partial charge in [0.05, 0.1) is 13.2 Å². The molecule has 1 aromatic heterocycles. The van der Waals surface area contributed by atoms with E-state index >= 15 is 0 Å². The molecule has 0 aliphatic rings. The van der Waals surface area contributed by atoms with E-state index in [4.69, 9.17) is 4.74 Å². The summed E-state index contributed by atoms with van der Waals surface area (Å²) in [4.78, 5) is 26.7. The fraction of sp³-hybridized carbons (Fsp3) is 0.364. The largest absolute Gasteiger partial charge is 0.480 e. The summed E-state index contributed by atoms with van der Waals surface area (Å²) in [5, 5.41) is 2.56. The van der Waals surface area contributed by atoms with Gasteiger partial charge < -0.3 is 10.1 Å². The molecule has 1 heterocycles. The van der Waals surface area contributed by atoms with E-state index < -0.39 is 6.04 Å². The van der Waals surface area contributed by atoms with Gasteiger partial charge in [-0.05, 0) is 26.0 Å². The van der Waals surface area contributed by atoms with Gasteiger partial charge in [-0.25, -0.2) is 4.98 Å². The maximum absolute atomic E-state index is 11.8. The standard InChI is InChI=1S/C11H14N2O3/c1-7(8(2)14)13-10(15)9-5-4-6-12-11(9)16-3/h4-7H,1-3H3,(H,13,15). The van der Waals surface area contributed by atoms with Crippen molar-refractivity contribution < 1.29 is 14.3 Å². The van der Waals surface area contributed by atoms with E-state index in [0.29, 0.717) is 5.56 Å². The van der Waals surface area contributed by atoms with Crippen molar-refractivity contribution >= 4 is 11.7 Å². The minimum atomic E-state index is -0.516. The molecule has 86 valence electrons. The van der Waals surface area contributed by atoms with Crippen LogP contribution in [0.1, 0.15) is 24.2 Å². The highest BCUT2D eigenvalue weighted by Crippen LogP contribution is 2.13. The summed E-state index contributed by atoms with van der Waals surface area (Å²) < 4.78 is 4.95. The van der Waals surface area contributed by atoms with Crippen molar-refractivity contribution in [1.82, 2.24) is 10.3 Å². The maximum atomic E-state index is 11.8. The molecule has 0 saturated carbocycles. The van der Waals surface area contributed by atoms with Crippen molar-refractivity contribution in [3.05, 3.63) is 23.9 Å². The van der Waals surface area contributed by atoms with E-state index in [1.54, 1.807) is 19.1 Å². The van der Waals surface area contributed by atoms with Crippen LogP contribution in [-0.2, 0) is 4.79 Å². The third-order valence-electron chi connectivity index (χ3n) is 2.17. The highest BCUT2D eigenvalue weighted by molar-refractivity contribution is 5.99. The predicted molar refractivity (Wildman–Crippen MR) is 58.4 cm³/mol. The zero-order chi connectivity index (χ0) is 12.1. The number of hydrogen-bond acceptors (Lipinski definition) is 4. The molecule has 1 atom stereocenters. The number of carbonyl (C=O) groups is 2.